The molecule has 5 aromatic rings. The van der Waals surface area contributed by atoms with Gasteiger partial charge in [0.2, 0.25) is 11.8 Å². The number of nitrogens with two attached hydrogens (primary N) is 1. The van der Waals surface area contributed by atoms with Crippen LogP contribution in [0.25, 0.3) is 0 Å². The van der Waals surface area contributed by atoms with Crippen LogP contribution in [0, 0.1) is 5.41 Å². The van der Waals surface area contributed by atoms with E-state index in [-0.39, 0.29) is 30.7 Å². The van der Waals surface area contributed by atoms with Crippen molar-refractivity contribution < 1.29 is 29.0 Å². The number of ether oxygens (including phenoxy) is 2. The molecule has 0 aromatic heterocycles. The van der Waals surface area contributed by atoms with Crippen molar-refractivity contribution in [1.29, 1.82) is 5.41 Å². The molecule has 0 aliphatic heterocycles. The molecule has 0 saturated heterocycles. The van der Waals surface area contributed by atoms with Gasteiger partial charge in [-0.05, 0) is 47.0 Å². The second kappa shape index (κ2) is 18.8. The van der Waals surface area contributed by atoms with Crippen LogP contribution < -0.4 is 31.2 Å². The molecular weight excluding hydrogens is 646 g/mol. The van der Waals surface area contributed by atoms with Crippen LogP contribution in [0.1, 0.15) is 40.8 Å². The number of carboxylic acids is 1. The predicted octanol–water partition coefficient (Wildman–Crippen LogP) is 6.30. The SMILES string of the molecule is CC(=O)O.COc1cc(C(Nc2ccc(C(=N)N)cc2)C(=O)NCc2ccccc2)c(NC(=O)Cc2ccccc2)cc1OCc1ccccc1. The van der Waals surface area contributed by atoms with Crippen LogP contribution in [-0.4, -0.2) is 35.8 Å². The zero-order valence-corrected chi connectivity index (χ0v) is 28.4. The minimum atomic E-state index is -0.967. The number of amides is 2. The Morgan fingerprint density at radius 2 is 1.33 bits per heavy atom. The van der Waals surface area contributed by atoms with Gasteiger partial charge in [0.25, 0.3) is 5.97 Å². The first kappa shape index (κ1) is 37.2. The zero-order chi connectivity index (χ0) is 36.6. The molecule has 1 unspecified atom stereocenters. The third kappa shape index (κ3) is 11.8. The van der Waals surface area contributed by atoms with Gasteiger partial charge in [-0.2, -0.15) is 0 Å². The molecule has 0 fully saturated rings. The molecule has 11 nitrogen and oxygen atoms in total. The lowest BCUT2D eigenvalue weighted by Gasteiger charge is -2.25. The summed E-state index contributed by atoms with van der Waals surface area (Å²) in [5.41, 5.74) is 10.4. The van der Waals surface area contributed by atoms with Gasteiger partial charge in [0.05, 0.1) is 19.2 Å². The van der Waals surface area contributed by atoms with E-state index in [0.717, 1.165) is 23.6 Å². The molecule has 2 amide bonds. The number of rotatable bonds is 14. The van der Waals surface area contributed by atoms with Crippen LogP contribution in [-0.2, 0) is 34.0 Å². The number of carboxylic acid groups (broad SMARTS) is 1. The van der Waals surface area contributed by atoms with Gasteiger partial charge in [-0.1, -0.05) is 91.0 Å². The molecule has 51 heavy (non-hydrogen) atoms. The monoisotopic (exact) mass is 687 g/mol. The molecule has 7 N–H and O–H groups in total. The van der Waals surface area contributed by atoms with Crippen LogP contribution in [0.5, 0.6) is 11.5 Å². The molecule has 262 valence electrons. The van der Waals surface area contributed by atoms with E-state index in [4.69, 9.17) is 30.5 Å². The zero-order valence-electron chi connectivity index (χ0n) is 28.4. The van der Waals surface area contributed by atoms with Crippen molar-refractivity contribution in [2.75, 3.05) is 17.7 Å². The lowest BCUT2D eigenvalue weighted by atomic mass is 10.0. The molecule has 0 radical (unpaired) electrons. The summed E-state index contributed by atoms with van der Waals surface area (Å²) in [7, 11) is 1.53. The second-order valence-electron chi connectivity index (χ2n) is 11.4. The standard InChI is InChI=1S/C38H37N5O4.C2H4O2/c1-46-33-22-31(36(38(45)41-24-27-13-7-3-8-14-27)42-30-19-17-29(18-20-30)37(39)40)32(43-35(44)21-26-11-5-2-6-12-26)23-34(33)47-25-28-15-9-4-10-16-28;1-2(3)4/h2-20,22-23,36,42H,21,24-25H2,1H3,(H3,39,40)(H,41,45)(H,43,44);1H3,(H,3,4). The maximum absolute atomic E-state index is 14.0. The summed E-state index contributed by atoms with van der Waals surface area (Å²) in [6, 6.07) is 38.1. The third-order valence-electron chi connectivity index (χ3n) is 7.44. The van der Waals surface area contributed by atoms with E-state index < -0.39 is 12.0 Å². The molecule has 0 saturated carbocycles. The van der Waals surface area contributed by atoms with E-state index in [1.807, 2.05) is 91.0 Å². The lowest BCUT2D eigenvalue weighted by molar-refractivity contribution is -0.134. The largest absolute Gasteiger partial charge is 0.493 e. The quantitative estimate of drug-likeness (QED) is 0.0582. The summed E-state index contributed by atoms with van der Waals surface area (Å²) in [6.45, 7) is 1.65. The number of nitrogen functional groups attached to an aromatic ring is 1. The smallest absolute Gasteiger partial charge is 0.300 e. The normalized spacial score (nSPS) is 10.8. The average molecular weight is 688 g/mol. The fourth-order valence-electron chi connectivity index (χ4n) is 4.99. The first-order valence-electron chi connectivity index (χ1n) is 16.1. The first-order valence-corrected chi connectivity index (χ1v) is 16.1. The Kier molecular flexibility index (Phi) is 13.7. The van der Waals surface area contributed by atoms with Gasteiger partial charge < -0.3 is 36.3 Å². The number of aliphatic carboxylic acids is 1. The fraction of sp³-hybridized carbons (Fsp3) is 0.150. The number of anilines is 2. The molecule has 5 rings (SSSR count). The Labute approximate surface area is 296 Å². The molecule has 5 aromatic carbocycles. The highest BCUT2D eigenvalue weighted by Gasteiger charge is 2.27. The molecule has 1 atom stereocenters. The van der Waals surface area contributed by atoms with Crippen molar-refractivity contribution in [2.45, 2.75) is 32.5 Å². The number of nitrogens with one attached hydrogen (secondary N) is 4. The van der Waals surface area contributed by atoms with Crippen molar-refractivity contribution >= 4 is 35.0 Å². The molecule has 0 bridgehead atoms. The topological polar surface area (TPSA) is 176 Å². The fourth-order valence-corrected chi connectivity index (χ4v) is 4.99. The van der Waals surface area contributed by atoms with E-state index in [0.29, 0.717) is 40.5 Å². The van der Waals surface area contributed by atoms with Crippen LogP contribution >= 0.6 is 0 Å². The van der Waals surface area contributed by atoms with Crippen LogP contribution in [0.2, 0.25) is 0 Å². The van der Waals surface area contributed by atoms with Crippen molar-refractivity contribution in [2.24, 2.45) is 5.73 Å². The highest BCUT2D eigenvalue weighted by molar-refractivity contribution is 5.97. The molecule has 0 heterocycles. The molecule has 0 aliphatic rings. The molecule has 0 aliphatic carbocycles. The number of amidine groups is 1. The Balaban J connectivity index is 0.00000138. The summed E-state index contributed by atoms with van der Waals surface area (Å²) in [5, 5.41) is 24.5. The third-order valence-corrected chi connectivity index (χ3v) is 7.44. The Morgan fingerprint density at radius 1 is 0.784 bits per heavy atom. The van der Waals surface area contributed by atoms with Gasteiger partial charge in [0.1, 0.15) is 18.5 Å². The minimum absolute atomic E-state index is 0.0621. The number of carbonyl (C=O) groups is 3. The number of benzene rings is 5. The summed E-state index contributed by atoms with van der Waals surface area (Å²) in [5.74, 6) is -0.683. The van der Waals surface area contributed by atoms with Gasteiger partial charge in [-0.15, -0.1) is 0 Å². The number of hydrogen-bond donors (Lipinski definition) is 6. The minimum Gasteiger partial charge on any atom is -0.493 e. The molecule has 0 spiro atoms. The lowest BCUT2D eigenvalue weighted by Crippen LogP contribution is -2.34. The van der Waals surface area contributed by atoms with Gasteiger partial charge in [-0.25, -0.2) is 0 Å². The number of hydrogen-bond acceptors (Lipinski definition) is 7. The van der Waals surface area contributed by atoms with E-state index >= 15 is 0 Å². The summed E-state index contributed by atoms with van der Waals surface area (Å²) in [6.07, 6.45) is 0.136. The molecular formula is C40H41N5O6. The second-order valence-corrected chi connectivity index (χ2v) is 11.4. The van der Waals surface area contributed by atoms with Gasteiger partial charge in [0.15, 0.2) is 11.5 Å². The van der Waals surface area contributed by atoms with Gasteiger partial charge in [0, 0.05) is 36.3 Å². The van der Waals surface area contributed by atoms with Crippen LogP contribution in [0.3, 0.4) is 0 Å². The highest BCUT2D eigenvalue weighted by atomic mass is 16.5. The van der Waals surface area contributed by atoms with Crippen molar-refractivity contribution in [3.63, 3.8) is 0 Å². The summed E-state index contributed by atoms with van der Waals surface area (Å²) >= 11 is 0. The van der Waals surface area contributed by atoms with Crippen molar-refractivity contribution in [3.05, 3.63) is 155 Å². The van der Waals surface area contributed by atoms with Crippen molar-refractivity contribution in [3.8, 4) is 11.5 Å². The Hall–Kier alpha value is -6.62. The number of carbonyl (C=O) groups excluding carboxylic acids is 2. The Bertz CT molecular complexity index is 1900. The van der Waals surface area contributed by atoms with E-state index in [9.17, 15) is 9.59 Å². The summed E-state index contributed by atoms with van der Waals surface area (Å²) < 4.78 is 11.9. The highest BCUT2D eigenvalue weighted by Crippen LogP contribution is 2.38. The van der Waals surface area contributed by atoms with Gasteiger partial charge in [-0.3, -0.25) is 19.8 Å². The van der Waals surface area contributed by atoms with E-state index in [2.05, 4.69) is 16.0 Å². The first-order chi connectivity index (χ1) is 24.6. The molecule has 11 heteroatoms. The maximum Gasteiger partial charge on any atom is 0.300 e. The predicted molar refractivity (Wildman–Crippen MR) is 198 cm³/mol. The van der Waals surface area contributed by atoms with Crippen LogP contribution in [0.4, 0.5) is 11.4 Å². The Morgan fingerprint density at radius 3 is 1.88 bits per heavy atom. The van der Waals surface area contributed by atoms with Crippen LogP contribution in [0.15, 0.2) is 127 Å². The van der Waals surface area contributed by atoms with Gasteiger partial charge >= 0.3 is 0 Å². The number of methoxy groups -OCH3 is 1. The summed E-state index contributed by atoms with van der Waals surface area (Å²) in [4.78, 5) is 36.4. The van der Waals surface area contributed by atoms with Crippen molar-refractivity contribution in [1.82, 2.24) is 5.32 Å². The maximum atomic E-state index is 14.0. The average Bonchev–Trinajstić information content (AvgIpc) is 3.13. The van der Waals surface area contributed by atoms with E-state index in [1.54, 1.807) is 36.4 Å². The van der Waals surface area contributed by atoms with E-state index in [1.165, 1.54) is 7.11 Å².